The van der Waals surface area contributed by atoms with Gasteiger partial charge < -0.3 is 0 Å². The quantitative estimate of drug-likeness (QED) is 0.411. The van der Waals surface area contributed by atoms with E-state index in [0.717, 1.165) is 5.92 Å². The van der Waals surface area contributed by atoms with E-state index in [1.54, 1.807) is 5.57 Å². The monoisotopic (exact) mass is 206 g/mol. The fourth-order valence-electron chi connectivity index (χ4n) is 2.42. The zero-order valence-corrected chi connectivity index (χ0v) is 10.5. The summed E-state index contributed by atoms with van der Waals surface area (Å²) in [5, 5.41) is 0. The third kappa shape index (κ3) is 4.68. The number of allylic oxidation sites excluding steroid dienone is 4. The van der Waals surface area contributed by atoms with Crippen molar-refractivity contribution in [1.82, 2.24) is 0 Å². The zero-order chi connectivity index (χ0) is 10.9. The van der Waals surface area contributed by atoms with Gasteiger partial charge >= 0.3 is 0 Å². The lowest BCUT2D eigenvalue weighted by Crippen LogP contribution is -1.90. The van der Waals surface area contributed by atoms with Crippen molar-refractivity contribution >= 4 is 0 Å². The second kappa shape index (κ2) is 7.73. The van der Waals surface area contributed by atoms with Gasteiger partial charge in [0.15, 0.2) is 0 Å². The largest absolute Gasteiger partial charge is 0.0879 e. The van der Waals surface area contributed by atoms with Crippen LogP contribution < -0.4 is 0 Å². The predicted molar refractivity (Wildman–Crippen MR) is 69.0 cm³/mol. The highest BCUT2D eigenvalue weighted by Crippen LogP contribution is 2.31. The molecule has 1 atom stereocenters. The molecule has 1 saturated carbocycles. The summed E-state index contributed by atoms with van der Waals surface area (Å²) >= 11 is 0. The zero-order valence-electron chi connectivity index (χ0n) is 10.5. The van der Waals surface area contributed by atoms with Crippen LogP contribution in [-0.4, -0.2) is 0 Å². The maximum atomic E-state index is 2.45. The van der Waals surface area contributed by atoms with Crippen molar-refractivity contribution in [3.8, 4) is 0 Å². The van der Waals surface area contributed by atoms with Crippen molar-refractivity contribution < 1.29 is 0 Å². The van der Waals surface area contributed by atoms with E-state index in [2.05, 4.69) is 32.1 Å². The fourth-order valence-corrected chi connectivity index (χ4v) is 2.42. The molecule has 0 aromatic rings. The molecule has 1 unspecified atom stereocenters. The van der Waals surface area contributed by atoms with Crippen LogP contribution in [0.15, 0.2) is 23.8 Å². The highest BCUT2D eigenvalue weighted by molar-refractivity contribution is 5.16. The molecule has 1 aliphatic rings. The van der Waals surface area contributed by atoms with E-state index in [-0.39, 0.29) is 0 Å². The third-order valence-electron chi connectivity index (χ3n) is 3.42. The topological polar surface area (TPSA) is 0 Å². The van der Waals surface area contributed by atoms with Gasteiger partial charge in [0.1, 0.15) is 0 Å². The van der Waals surface area contributed by atoms with Gasteiger partial charge in [0.2, 0.25) is 0 Å². The Morgan fingerprint density at radius 3 is 2.87 bits per heavy atom. The number of unbranched alkanes of at least 4 members (excludes halogenated alkanes) is 4. The highest BCUT2D eigenvalue weighted by atomic mass is 14.2. The van der Waals surface area contributed by atoms with Crippen molar-refractivity contribution in [3.63, 3.8) is 0 Å². The van der Waals surface area contributed by atoms with E-state index >= 15 is 0 Å². The summed E-state index contributed by atoms with van der Waals surface area (Å²) in [7, 11) is 0. The lowest BCUT2D eigenvalue weighted by Gasteiger charge is -2.05. The number of hydrogen-bond donors (Lipinski definition) is 0. The molecule has 86 valence electrons. The van der Waals surface area contributed by atoms with E-state index in [1.165, 1.54) is 51.4 Å². The van der Waals surface area contributed by atoms with Crippen molar-refractivity contribution in [2.24, 2.45) is 5.92 Å². The molecule has 1 fully saturated rings. The summed E-state index contributed by atoms with van der Waals surface area (Å²) in [6.07, 6.45) is 18.1. The maximum absolute atomic E-state index is 2.45. The van der Waals surface area contributed by atoms with Gasteiger partial charge in [-0.2, -0.15) is 0 Å². The van der Waals surface area contributed by atoms with E-state index in [1.807, 2.05) is 0 Å². The van der Waals surface area contributed by atoms with Gasteiger partial charge in [0.05, 0.1) is 0 Å². The molecule has 0 radical (unpaired) electrons. The van der Waals surface area contributed by atoms with Crippen molar-refractivity contribution in [2.45, 2.75) is 65.2 Å². The van der Waals surface area contributed by atoms with Crippen LogP contribution >= 0.6 is 0 Å². The van der Waals surface area contributed by atoms with E-state index < -0.39 is 0 Å². The molecule has 0 saturated heterocycles. The summed E-state index contributed by atoms with van der Waals surface area (Å²) in [6, 6.07) is 0. The smallest absolute Gasteiger partial charge is 0.00233 e. The number of hydrogen-bond acceptors (Lipinski definition) is 0. The van der Waals surface area contributed by atoms with Gasteiger partial charge in [-0.3, -0.25) is 0 Å². The Morgan fingerprint density at radius 1 is 1.27 bits per heavy atom. The first-order valence-corrected chi connectivity index (χ1v) is 6.70. The van der Waals surface area contributed by atoms with Crippen LogP contribution in [-0.2, 0) is 0 Å². The Kier molecular flexibility index (Phi) is 6.47. The lowest BCUT2D eigenvalue weighted by atomic mass is 10.0. The average Bonchev–Trinajstić information content (AvgIpc) is 2.70. The number of rotatable bonds is 6. The van der Waals surface area contributed by atoms with Gasteiger partial charge in [-0.1, -0.05) is 50.0 Å². The van der Waals surface area contributed by atoms with E-state index in [4.69, 9.17) is 0 Å². The molecule has 1 rings (SSSR count). The first kappa shape index (κ1) is 12.5. The van der Waals surface area contributed by atoms with Crippen LogP contribution in [0.3, 0.4) is 0 Å². The van der Waals surface area contributed by atoms with Crippen LogP contribution in [0.2, 0.25) is 0 Å². The molecule has 0 spiro atoms. The maximum Gasteiger partial charge on any atom is -0.00233 e. The second-order valence-corrected chi connectivity index (χ2v) is 4.64. The summed E-state index contributed by atoms with van der Waals surface area (Å²) in [5.41, 5.74) is 1.67. The molecule has 0 nitrogen and oxygen atoms in total. The third-order valence-corrected chi connectivity index (χ3v) is 3.42. The molecule has 15 heavy (non-hydrogen) atoms. The van der Waals surface area contributed by atoms with Crippen LogP contribution in [0.4, 0.5) is 0 Å². The summed E-state index contributed by atoms with van der Waals surface area (Å²) < 4.78 is 0. The van der Waals surface area contributed by atoms with E-state index in [9.17, 15) is 0 Å². The summed E-state index contributed by atoms with van der Waals surface area (Å²) in [4.78, 5) is 0. The summed E-state index contributed by atoms with van der Waals surface area (Å²) in [5.74, 6) is 0.779. The fraction of sp³-hybridized carbons (Fsp3) is 0.733. The second-order valence-electron chi connectivity index (χ2n) is 4.64. The van der Waals surface area contributed by atoms with Crippen LogP contribution in [0, 0.1) is 5.92 Å². The average molecular weight is 206 g/mol. The van der Waals surface area contributed by atoms with Gasteiger partial charge in [-0.25, -0.2) is 0 Å². The Balaban J connectivity index is 2.14. The summed E-state index contributed by atoms with van der Waals surface area (Å²) in [6.45, 7) is 4.45. The molecule has 0 N–H and O–H groups in total. The van der Waals surface area contributed by atoms with Crippen LogP contribution in [0.25, 0.3) is 0 Å². The standard InChI is InChI=1S/C15H26/c1-3-5-6-7-8-9-11-15-13-10-12-14(15)4-2/h4,9,11,15H,3,5-8,10,12-13H2,1-2H3/b11-9+,14-4-. The molecule has 0 aliphatic heterocycles. The minimum Gasteiger partial charge on any atom is -0.0879 e. The van der Waals surface area contributed by atoms with Crippen molar-refractivity contribution in [3.05, 3.63) is 23.8 Å². The molecule has 0 aromatic heterocycles. The Morgan fingerprint density at radius 2 is 2.13 bits per heavy atom. The first-order chi connectivity index (χ1) is 7.38. The molecule has 1 aliphatic carbocycles. The van der Waals surface area contributed by atoms with Crippen LogP contribution in [0.5, 0.6) is 0 Å². The molecule has 0 heteroatoms. The van der Waals surface area contributed by atoms with E-state index in [0.29, 0.717) is 0 Å². The highest BCUT2D eigenvalue weighted by Gasteiger charge is 2.16. The Labute approximate surface area is 95.5 Å². The minimum absolute atomic E-state index is 0.779. The molecule has 0 amide bonds. The molecule has 0 heterocycles. The van der Waals surface area contributed by atoms with Gasteiger partial charge in [-0.05, 0) is 44.9 Å². The first-order valence-electron chi connectivity index (χ1n) is 6.70. The Bertz CT molecular complexity index is 210. The van der Waals surface area contributed by atoms with Gasteiger partial charge in [0, 0.05) is 0 Å². The van der Waals surface area contributed by atoms with Crippen LogP contribution in [0.1, 0.15) is 65.2 Å². The SMILES string of the molecule is C/C=C1/CCCC1/C=C/CCCCCC. The molecular formula is C15H26. The molecule has 0 bridgehead atoms. The van der Waals surface area contributed by atoms with Crippen molar-refractivity contribution in [2.75, 3.05) is 0 Å². The molecular weight excluding hydrogens is 180 g/mol. The molecule has 0 aromatic carbocycles. The lowest BCUT2D eigenvalue weighted by molar-refractivity contribution is 0.671. The van der Waals surface area contributed by atoms with Gasteiger partial charge in [0.25, 0.3) is 0 Å². The Hall–Kier alpha value is -0.520. The van der Waals surface area contributed by atoms with Crippen molar-refractivity contribution in [1.29, 1.82) is 0 Å². The normalized spacial score (nSPS) is 24.4. The predicted octanol–water partition coefficient (Wildman–Crippen LogP) is 5.26. The van der Waals surface area contributed by atoms with Gasteiger partial charge in [-0.15, -0.1) is 0 Å². The minimum atomic E-state index is 0.779.